The molecule has 14 heteroatoms. The van der Waals surface area contributed by atoms with Crippen molar-refractivity contribution in [3.63, 3.8) is 0 Å². The first-order valence-corrected chi connectivity index (χ1v) is 12.9. The van der Waals surface area contributed by atoms with Crippen molar-refractivity contribution in [3.8, 4) is 6.01 Å². The number of alkyl halides is 3. The Morgan fingerprint density at radius 2 is 1.54 bits per heavy atom. The molecule has 214 valence electrons. The fraction of sp³-hybridized carbons (Fsp3) is 0.560. The van der Waals surface area contributed by atoms with Crippen molar-refractivity contribution in [2.75, 3.05) is 50.5 Å². The fourth-order valence-corrected chi connectivity index (χ4v) is 3.87. The van der Waals surface area contributed by atoms with E-state index in [1.54, 1.807) is 29.2 Å². The summed E-state index contributed by atoms with van der Waals surface area (Å²) < 4.78 is 47.6. The van der Waals surface area contributed by atoms with Crippen LogP contribution in [0.25, 0.3) is 0 Å². The van der Waals surface area contributed by atoms with Gasteiger partial charge in [0.05, 0.1) is 7.11 Å². The summed E-state index contributed by atoms with van der Waals surface area (Å²) in [4.78, 5) is 38.4. The summed E-state index contributed by atoms with van der Waals surface area (Å²) in [6.45, 7) is 0.423. The van der Waals surface area contributed by atoms with E-state index >= 15 is 0 Å². The van der Waals surface area contributed by atoms with Crippen molar-refractivity contribution in [1.29, 1.82) is 0 Å². The zero-order valence-corrected chi connectivity index (χ0v) is 21.9. The minimum atomic E-state index is -4.54. The maximum Gasteiger partial charge on any atom is 0.422 e. The maximum atomic E-state index is 12.7. The van der Waals surface area contributed by atoms with Crippen molar-refractivity contribution in [2.24, 2.45) is 0 Å². The summed E-state index contributed by atoms with van der Waals surface area (Å²) >= 11 is 0. The van der Waals surface area contributed by atoms with Crippen LogP contribution in [0.5, 0.6) is 6.01 Å². The van der Waals surface area contributed by atoms with Gasteiger partial charge in [-0.15, -0.1) is 0 Å². The molecule has 0 fully saturated rings. The number of benzene rings is 1. The monoisotopic (exact) mass is 553 g/mol. The number of ether oxygens (including phenoxy) is 2. The lowest BCUT2D eigenvalue weighted by Gasteiger charge is -2.21. The van der Waals surface area contributed by atoms with E-state index in [2.05, 4.69) is 30.9 Å². The lowest BCUT2D eigenvalue weighted by Crippen LogP contribution is -2.35. The van der Waals surface area contributed by atoms with Crippen molar-refractivity contribution < 1.29 is 32.2 Å². The van der Waals surface area contributed by atoms with E-state index in [1.807, 2.05) is 0 Å². The fourth-order valence-electron chi connectivity index (χ4n) is 3.87. The minimum absolute atomic E-state index is 0.00423. The molecule has 2 aliphatic rings. The molecular weight excluding hydrogens is 519 g/mol. The number of aromatic nitrogens is 3. The van der Waals surface area contributed by atoms with Gasteiger partial charge >= 0.3 is 18.3 Å². The van der Waals surface area contributed by atoms with Crippen molar-refractivity contribution in [3.05, 3.63) is 29.8 Å². The van der Waals surface area contributed by atoms with Gasteiger partial charge in [-0.2, -0.15) is 28.1 Å². The molecule has 2 aromatic rings. The summed E-state index contributed by atoms with van der Waals surface area (Å²) in [6.07, 6.45) is 1.19. The third-order valence-electron chi connectivity index (χ3n) is 5.84. The highest BCUT2D eigenvalue weighted by Gasteiger charge is 2.29. The highest BCUT2D eigenvalue weighted by molar-refractivity contribution is 5.94. The third-order valence-corrected chi connectivity index (χ3v) is 5.84. The van der Waals surface area contributed by atoms with E-state index in [-0.39, 0.29) is 23.9 Å². The Morgan fingerprint density at radius 1 is 0.897 bits per heavy atom. The molecule has 39 heavy (non-hydrogen) atoms. The molecule has 0 aliphatic carbocycles. The molecule has 0 atom stereocenters. The van der Waals surface area contributed by atoms with E-state index in [1.165, 1.54) is 7.11 Å². The topological polar surface area (TPSA) is 131 Å². The van der Waals surface area contributed by atoms with E-state index in [0.717, 1.165) is 38.5 Å². The van der Waals surface area contributed by atoms with Crippen LogP contribution in [-0.4, -0.2) is 77.9 Å². The molecule has 4 bridgehead atoms. The number of fused-ring (bicyclic) bond motifs is 16. The van der Waals surface area contributed by atoms with Gasteiger partial charge in [-0.05, 0) is 43.5 Å². The number of nitrogens with one attached hydrogen (secondary N) is 3. The molecule has 2 aliphatic heterocycles. The number of rotatable bonds is 2. The van der Waals surface area contributed by atoms with Gasteiger partial charge in [0.1, 0.15) is 0 Å². The van der Waals surface area contributed by atoms with Crippen LogP contribution in [0.15, 0.2) is 24.3 Å². The van der Waals surface area contributed by atoms with E-state index in [0.29, 0.717) is 43.9 Å². The van der Waals surface area contributed by atoms with Gasteiger partial charge < -0.3 is 30.3 Å². The summed E-state index contributed by atoms with van der Waals surface area (Å²) in [6, 6.07) is 5.97. The Hall–Kier alpha value is -3.84. The van der Waals surface area contributed by atoms with Crippen LogP contribution in [0.4, 0.5) is 35.5 Å². The second-order valence-electron chi connectivity index (χ2n) is 8.99. The van der Waals surface area contributed by atoms with Crippen molar-refractivity contribution in [2.45, 2.75) is 51.1 Å². The van der Waals surface area contributed by atoms with Gasteiger partial charge in [-0.1, -0.05) is 25.7 Å². The second kappa shape index (κ2) is 14.9. The minimum Gasteiger partial charge on any atom is -0.454 e. The molecule has 4 rings (SSSR count). The van der Waals surface area contributed by atoms with Crippen LogP contribution in [0.2, 0.25) is 0 Å². The molecule has 11 nitrogen and oxygen atoms in total. The molecule has 3 N–H and O–H groups in total. The van der Waals surface area contributed by atoms with E-state index < -0.39 is 18.8 Å². The standard InChI is InChI=1S/C25H34F3N7O4/c1-38-24(37)35-15-7-5-3-2-4-6-13-30-21-32-22(34-23(33-21)39-17-25(26,27)28)31-19-11-9-18(10-12-19)20(36)29-14-8-16-35/h9-12H,2-8,13-17H2,1H3,(H,29,36)(H2,30,31,32,33,34). The SMILES string of the molecule is COC(=O)N1CCCCCCCCNc2nc(nc(OCC(F)(F)F)n2)Nc2ccc(cc2)C(=O)NCCC1. The number of amides is 2. The molecule has 0 saturated carbocycles. The summed E-state index contributed by atoms with van der Waals surface area (Å²) in [5, 5.41) is 8.76. The lowest BCUT2D eigenvalue weighted by atomic mass is 10.1. The first-order valence-electron chi connectivity index (χ1n) is 12.9. The van der Waals surface area contributed by atoms with Crippen LogP contribution >= 0.6 is 0 Å². The molecular formula is C25H34F3N7O4. The van der Waals surface area contributed by atoms with E-state index in [9.17, 15) is 22.8 Å². The number of hydrogen-bond donors (Lipinski definition) is 3. The van der Waals surface area contributed by atoms with Gasteiger partial charge in [-0.3, -0.25) is 4.79 Å². The highest BCUT2D eigenvalue weighted by Crippen LogP contribution is 2.20. The normalized spacial score (nSPS) is 16.4. The largest absolute Gasteiger partial charge is 0.454 e. The molecule has 1 aromatic carbocycles. The van der Waals surface area contributed by atoms with E-state index in [4.69, 9.17) is 9.47 Å². The van der Waals surface area contributed by atoms with Gasteiger partial charge in [0.25, 0.3) is 5.91 Å². The van der Waals surface area contributed by atoms with Gasteiger partial charge in [0, 0.05) is 37.4 Å². The Morgan fingerprint density at radius 3 is 2.26 bits per heavy atom. The van der Waals surface area contributed by atoms with Crippen molar-refractivity contribution in [1.82, 2.24) is 25.2 Å². The van der Waals surface area contributed by atoms with Gasteiger partial charge in [-0.25, -0.2) is 4.79 Å². The molecule has 0 spiro atoms. The number of anilines is 3. The smallest absolute Gasteiger partial charge is 0.422 e. The van der Waals surface area contributed by atoms with Gasteiger partial charge in [0.2, 0.25) is 11.9 Å². The number of nitrogens with zero attached hydrogens (tertiary/aromatic N) is 4. The number of methoxy groups -OCH3 is 1. The van der Waals surface area contributed by atoms with Crippen LogP contribution in [0.3, 0.4) is 0 Å². The lowest BCUT2D eigenvalue weighted by molar-refractivity contribution is -0.154. The summed E-state index contributed by atoms with van der Waals surface area (Å²) in [5.41, 5.74) is 0.925. The number of carbonyl (C=O) groups excluding carboxylic acids is 2. The van der Waals surface area contributed by atoms with Crippen molar-refractivity contribution >= 4 is 29.6 Å². The highest BCUT2D eigenvalue weighted by atomic mass is 19.4. The van der Waals surface area contributed by atoms with Crippen LogP contribution in [0, 0.1) is 0 Å². The molecule has 0 radical (unpaired) electrons. The molecule has 2 amide bonds. The zero-order valence-electron chi connectivity index (χ0n) is 21.9. The Balaban J connectivity index is 1.71. The Labute approximate surface area is 224 Å². The molecule has 3 heterocycles. The molecule has 0 saturated heterocycles. The van der Waals surface area contributed by atoms with Crippen LogP contribution < -0.4 is 20.7 Å². The summed E-state index contributed by atoms with van der Waals surface area (Å²) in [5.74, 6) is -0.198. The van der Waals surface area contributed by atoms with Gasteiger partial charge in [0.15, 0.2) is 6.61 Å². The number of halogens is 3. The first-order chi connectivity index (χ1) is 18.7. The maximum absolute atomic E-state index is 12.7. The second-order valence-corrected chi connectivity index (χ2v) is 8.99. The molecule has 1 aromatic heterocycles. The zero-order chi connectivity index (χ0) is 28.1. The summed E-state index contributed by atoms with van der Waals surface area (Å²) in [7, 11) is 1.36. The van der Waals surface area contributed by atoms with Crippen LogP contribution in [0.1, 0.15) is 55.3 Å². The third kappa shape index (κ3) is 10.8. The average molecular weight is 554 g/mol. The first kappa shape index (κ1) is 29.7. The predicted octanol–water partition coefficient (Wildman–Crippen LogP) is 4.51. The number of carbonyl (C=O) groups is 2. The Bertz CT molecular complexity index is 1070. The predicted molar refractivity (Wildman–Crippen MR) is 138 cm³/mol. The van der Waals surface area contributed by atoms with Crippen LogP contribution in [-0.2, 0) is 4.74 Å². The quantitative estimate of drug-likeness (QED) is 0.492. The number of hydrogen-bond acceptors (Lipinski definition) is 9. The Kier molecular flexibility index (Phi) is 11.4. The average Bonchev–Trinajstić information content (AvgIpc) is 2.91. The molecule has 0 unspecified atom stereocenters.